The quantitative estimate of drug-likeness (QED) is 0.425. The molecule has 0 radical (unpaired) electrons. The zero-order valence-electron chi connectivity index (χ0n) is 24.7. The zero-order chi connectivity index (χ0) is 30.8. The minimum Gasteiger partial charge on any atom is -0.464 e. The number of amides is 2. The van der Waals surface area contributed by atoms with Gasteiger partial charge in [-0.1, -0.05) is 32.9 Å². The third-order valence-electron chi connectivity index (χ3n) is 6.20. The van der Waals surface area contributed by atoms with Crippen LogP contribution < -0.4 is 10.1 Å². The molecular weight excluding hydrogens is 570 g/mol. The van der Waals surface area contributed by atoms with Gasteiger partial charge in [-0.3, -0.25) is 9.48 Å². The number of nitrogens with zero attached hydrogens (tertiary/aromatic N) is 4. The van der Waals surface area contributed by atoms with Gasteiger partial charge in [0.1, 0.15) is 17.8 Å². The number of carbonyl (C=O) groups excluding carboxylic acids is 3. The molecule has 14 heteroatoms. The van der Waals surface area contributed by atoms with Crippen molar-refractivity contribution in [2.45, 2.75) is 62.9 Å². The second kappa shape index (κ2) is 12.4. The van der Waals surface area contributed by atoms with Crippen LogP contribution in [0.5, 0.6) is 5.75 Å². The van der Waals surface area contributed by atoms with E-state index in [4.69, 9.17) is 9.47 Å². The molecule has 12 nitrogen and oxygen atoms in total. The summed E-state index contributed by atoms with van der Waals surface area (Å²) >= 11 is 1.32. The molecule has 0 spiro atoms. The lowest BCUT2D eigenvalue weighted by molar-refractivity contribution is -0.150. The lowest BCUT2D eigenvalue weighted by Gasteiger charge is -2.31. The van der Waals surface area contributed by atoms with Gasteiger partial charge in [0.25, 0.3) is 10.0 Å². The second-order valence-corrected chi connectivity index (χ2v) is 15.3. The van der Waals surface area contributed by atoms with Crippen molar-refractivity contribution in [3.63, 3.8) is 0 Å². The van der Waals surface area contributed by atoms with Crippen molar-refractivity contribution in [2.75, 3.05) is 26.6 Å². The highest BCUT2D eigenvalue weighted by Gasteiger charge is 2.52. The van der Waals surface area contributed by atoms with E-state index in [1.54, 1.807) is 59.3 Å². The molecule has 1 N–H and O–H groups in total. The smallest absolute Gasteiger partial charge is 0.414 e. The summed E-state index contributed by atoms with van der Waals surface area (Å²) in [7, 11) is 0.659. The minimum absolute atomic E-state index is 0.0518. The molecule has 2 atom stereocenters. The molecule has 0 bridgehead atoms. The van der Waals surface area contributed by atoms with E-state index in [1.165, 1.54) is 33.6 Å². The Labute approximate surface area is 245 Å². The van der Waals surface area contributed by atoms with Gasteiger partial charge in [0.2, 0.25) is 5.91 Å². The maximum absolute atomic E-state index is 13.8. The number of esters is 1. The van der Waals surface area contributed by atoms with Gasteiger partial charge in [-0.15, -0.1) is 11.8 Å². The van der Waals surface area contributed by atoms with Gasteiger partial charge in [-0.05, 0) is 43.0 Å². The summed E-state index contributed by atoms with van der Waals surface area (Å²) in [5, 5.41) is 6.64. The summed E-state index contributed by atoms with van der Waals surface area (Å²) in [6, 6.07) is 5.73. The number of aryl methyl sites for hydroxylation is 1. The second-order valence-electron chi connectivity index (χ2n) is 11.8. The van der Waals surface area contributed by atoms with Crippen LogP contribution >= 0.6 is 11.8 Å². The molecule has 41 heavy (non-hydrogen) atoms. The fourth-order valence-corrected chi connectivity index (χ4v) is 7.11. The fraction of sp³-hybridized carbons (Fsp3) is 0.556. The normalized spacial score (nSPS) is 18.0. The molecule has 1 aromatic carbocycles. The van der Waals surface area contributed by atoms with Crippen molar-refractivity contribution >= 4 is 39.8 Å². The Morgan fingerprint density at radius 2 is 1.80 bits per heavy atom. The van der Waals surface area contributed by atoms with Gasteiger partial charge in [0.05, 0.1) is 12.5 Å². The third kappa shape index (κ3) is 8.23. The number of sulfonamides is 1. The Balaban J connectivity index is 1.86. The molecule has 0 saturated carbocycles. The van der Waals surface area contributed by atoms with Gasteiger partial charge in [0.15, 0.2) is 5.03 Å². The average molecular weight is 610 g/mol. The highest BCUT2D eigenvalue weighted by atomic mass is 32.2. The Bertz CT molecular complexity index is 1370. The first kappa shape index (κ1) is 32.4. The van der Waals surface area contributed by atoms with E-state index in [1.807, 2.05) is 20.8 Å². The van der Waals surface area contributed by atoms with Crippen molar-refractivity contribution in [1.29, 1.82) is 0 Å². The molecule has 0 aliphatic carbocycles. The number of aromatic nitrogens is 2. The van der Waals surface area contributed by atoms with Crippen molar-refractivity contribution in [2.24, 2.45) is 12.5 Å². The monoisotopic (exact) mass is 609 g/mol. The van der Waals surface area contributed by atoms with Crippen LogP contribution in [-0.2, 0) is 37.8 Å². The maximum Gasteiger partial charge on any atom is 0.414 e. The average Bonchev–Trinajstić information content (AvgIpc) is 3.45. The first-order valence-corrected chi connectivity index (χ1v) is 15.4. The van der Waals surface area contributed by atoms with Crippen molar-refractivity contribution in [3.05, 3.63) is 42.1 Å². The standard InChI is InChI=1S/C27H39N5O7S2/c1-26(2,3)16-38-24(34)20(15-18-9-11-19(12-10-18)39-25(35)30(6)7)28-23(33)22-27(4,5)40-17-32(22)41(36,37)21-13-14-31(8)29-21/h9-14,20,22H,15-17H2,1-8H3,(H,28,33)/t20-,22+/m0/s1. The lowest BCUT2D eigenvalue weighted by atomic mass is 9.98. The first-order chi connectivity index (χ1) is 18.9. The number of ether oxygens (including phenoxy) is 2. The Morgan fingerprint density at radius 1 is 1.17 bits per heavy atom. The van der Waals surface area contributed by atoms with E-state index in [2.05, 4.69) is 10.4 Å². The van der Waals surface area contributed by atoms with Crippen molar-refractivity contribution in [3.8, 4) is 5.75 Å². The Morgan fingerprint density at radius 3 is 2.34 bits per heavy atom. The van der Waals surface area contributed by atoms with Crippen LogP contribution in [0.3, 0.4) is 0 Å². The molecule has 1 aliphatic heterocycles. The fourth-order valence-electron chi connectivity index (χ4n) is 3.99. The topological polar surface area (TPSA) is 140 Å². The van der Waals surface area contributed by atoms with Gasteiger partial charge < -0.3 is 19.7 Å². The predicted molar refractivity (Wildman–Crippen MR) is 155 cm³/mol. The van der Waals surface area contributed by atoms with Crippen LogP contribution in [0.25, 0.3) is 0 Å². The van der Waals surface area contributed by atoms with Gasteiger partial charge in [-0.25, -0.2) is 18.0 Å². The number of rotatable bonds is 9. The van der Waals surface area contributed by atoms with E-state index >= 15 is 0 Å². The predicted octanol–water partition coefficient (Wildman–Crippen LogP) is 2.64. The van der Waals surface area contributed by atoms with E-state index in [9.17, 15) is 22.8 Å². The number of thioether (sulfide) groups is 1. The summed E-state index contributed by atoms with van der Waals surface area (Å²) in [5.41, 5.74) is 0.366. The summed E-state index contributed by atoms with van der Waals surface area (Å²) in [6.45, 7) is 9.45. The Kier molecular flexibility index (Phi) is 9.81. The Hall–Kier alpha value is -3.10. The summed E-state index contributed by atoms with van der Waals surface area (Å²) in [4.78, 5) is 40.2. The van der Waals surface area contributed by atoms with Crippen LogP contribution in [0.15, 0.2) is 41.6 Å². The van der Waals surface area contributed by atoms with E-state index in [-0.39, 0.29) is 29.3 Å². The summed E-state index contributed by atoms with van der Waals surface area (Å²) < 4.78 is 39.4. The molecule has 2 amide bonds. The molecule has 2 aromatic rings. The van der Waals surface area contributed by atoms with Gasteiger partial charge in [-0.2, -0.15) is 9.40 Å². The largest absolute Gasteiger partial charge is 0.464 e. The number of carbonyl (C=O) groups is 3. The molecule has 2 heterocycles. The van der Waals surface area contributed by atoms with Crippen LogP contribution in [-0.4, -0.2) is 88.8 Å². The number of hydrogen-bond acceptors (Lipinski definition) is 9. The van der Waals surface area contributed by atoms with E-state index in [0.29, 0.717) is 11.3 Å². The summed E-state index contributed by atoms with van der Waals surface area (Å²) in [6.07, 6.45) is 1.06. The maximum atomic E-state index is 13.8. The van der Waals surface area contributed by atoms with Gasteiger partial charge >= 0.3 is 12.1 Å². The van der Waals surface area contributed by atoms with E-state index < -0.39 is 44.8 Å². The molecular formula is C27H39N5O7S2. The SMILES string of the molecule is CN(C)C(=O)Oc1ccc(C[C@H](NC(=O)[C@H]2N(S(=O)(=O)c3ccn(C)n3)CSC2(C)C)C(=O)OCC(C)(C)C)cc1. The van der Waals surface area contributed by atoms with Crippen LogP contribution in [0.1, 0.15) is 40.2 Å². The highest BCUT2D eigenvalue weighted by Crippen LogP contribution is 2.42. The molecule has 1 aromatic heterocycles. The van der Waals surface area contributed by atoms with Crippen LogP contribution in [0.4, 0.5) is 4.79 Å². The molecule has 3 rings (SSSR count). The molecule has 1 aliphatic rings. The highest BCUT2D eigenvalue weighted by molar-refractivity contribution is 8.02. The number of hydrogen-bond donors (Lipinski definition) is 1. The van der Waals surface area contributed by atoms with Crippen molar-refractivity contribution < 1.29 is 32.3 Å². The lowest BCUT2D eigenvalue weighted by Crippen LogP contribution is -2.57. The zero-order valence-corrected chi connectivity index (χ0v) is 26.3. The first-order valence-electron chi connectivity index (χ1n) is 13.0. The van der Waals surface area contributed by atoms with Crippen LogP contribution in [0.2, 0.25) is 0 Å². The number of benzene rings is 1. The van der Waals surface area contributed by atoms with Gasteiger partial charge in [0, 0.05) is 38.5 Å². The molecule has 226 valence electrons. The number of nitrogens with one attached hydrogen (secondary N) is 1. The summed E-state index contributed by atoms with van der Waals surface area (Å²) in [5.74, 6) is -0.882. The molecule has 1 fully saturated rings. The third-order valence-corrected chi connectivity index (χ3v) is 9.44. The van der Waals surface area contributed by atoms with Crippen molar-refractivity contribution in [1.82, 2.24) is 24.3 Å². The molecule has 0 unspecified atom stereocenters. The molecule has 1 saturated heterocycles. The van der Waals surface area contributed by atoms with Crippen LogP contribution in [0, 0.1) is 5.41 Å². The van der Waals surface area contributed by atoms with E-state index in [0.717, 1.165) is 4.31 Å². The minimum atomic E-state index is -4.09.